The lowest BCUT2D eigenvalue weighted by Crippen LogP contribution is -2.49. The summed E-state index contributed by atoms with van der Waals surface area (Å²) < 4.78 is 0. The smallest absolute Gasteiger partial charge is 0.243 e. The molecule has 2 aromatic rings. The molecule has 2 saturated heterocycles. The second-order valence-electron chi connectivity index (χ2n) is 8.46. The maximum atomic E-state index is 12.7. The van der Waals surface area contributed by atoms with E-state index in [1.54, 1.807) is 35.5 Å². The molecule has 33 heavy (non-hydrogen) atoms. The van der Waals surface area contributed by atoms with Gasteiger partial charge in [-0.15, -0.1) is 0 Å². The lowest BCUT2D eigenvalue weighted by Gasteiger charge is -2.34. The molecule has 1 aromatic heterocycles. The van der Waals surface area contributed by atoms with E-state index in [0.717, 1.165) is 24.8 Å². The summed E-state index contributed by atoms with van der Waals surface area (Å²) in [4.78, 5) is 51.3. The first kappa shape index (κ1) is 22.7. The molecule has 2 aliphatic rings. The summed E-state index contributed by atoms with van der Waals surface area (Å²) in [5, 5.41) is 2.85. The number of aromatic nitrogens is 2. The van der Waals surface area contributed by atoms with Gasteiger partial charge in [0.15, 0.2) is 0 Å². The van der Waals surface area contributed by atoms with Crippen LogP contribution in [0.1, 0.15) is 31.2 Å². The first-order valence-corrected chi connectivity index (χ1v) is 11.5. The normalized spacial score (nSPS) is 17.0. The molecule has 4 rings (SSSR count). The van der Waals surface area contributed by atoms with Gasteiger partial charge < -0.3 is 20.0 Å². The van der Waals surface area contributed by atoms with Gasteiger partial charge in [0.25, 0.3) is 0 Å². The Morgan fingerprint density at radius 3 is 2.36 bits per heavy atom. The molecule has 0 atom stereocenters. The molecule has 174 valence electrons. The quantitative estimate of drug-likeness (QED) is 0.719. The Labute approximate surface area is 193 Å². The molecule has 9 heteroatoms. The van der Waals surface area contributed by atoms with E-state index in [0.29, 0.717) is 57.2 Å². The predicted molar refractivity (Wildman–Crippen MR) is 125 cm³/mol. The average Bonchev–Trinajstić information content (AvgIpc) is 3.05. The molecule has 0 saturated carbocycles. The topological polar surface area (TPSA) is 98.7 Å². The zero-order valence-electron chi connectivity index (χ0n) is 18.8. The van der Waals surface area contributed by atoms with Crippen molar-refractivity contribution in [2.75, 3.05) is 49.5 Å². The van der Waals surface area contributed by atoms with Gasteiger partial charge in [-0.05, 0) is 36.6 Å². The Hall–Kier alpha value is -3.49. The third-order valence-electron chi connectivity index (χ3n) is 6.07. The van der Waals surface area contributed by atoms with Gasteiger partial charge in [0.1, 0.15) is 0 Å². The standard InChI is InChI=1S/C24H30N6O3/c31-21(18-30-12-3-1-2-5-22(30)32)27-20-8-6-19(7-9-20)17-23(33)28-13-15-29(16-14-28)24-25-10-4-11-26-24/h4,6-11H,1-3,5,12-18H2,(H,27,31). The second kappa shape index (κ2) is 10.9. The van der Waals surface area contributed by atoms with Crippen molar-refractivity contribution in [2.24, 2.45) is 0 Å². The van der Waals surface area contributed by atoms with Gasteiger partial charge in [0.2, 0.25) is 23.7 Å². The number of hydrogen-bond acceptors (Lipinski definition) is 6. The van der Waals surface area contributed by atoms with Gasteiger partial charge in [0.05, 0.1) is 13.0 Å². The van der Waals surface area contributed by atoms with Gasteiger partial charge in [-0.2, -0.15) is 0 Å². The average molecular weight is 451 g/mol. The Morgan fingerprint density at radius 1 is 0.909 bits per heavy atom. The van der Waals surface area contributed by atoms with Crippen LogP contribution in [0.4, 0.5) is 11.6 Å². The number of carbonyl (C=O) groups is 3. The Morgan fingerprint density at radius 2 is 1.64 bits per heavy atom. The number of piperazine rings is 1. The highest BCUT2D eigenvalue weighted by atomic mass is 16.2. The molecular weight excluding hydrogens is 420 g/mol. The van der Waals surface area contributed by atoms with E-state index in [4.69, 9.17) is 0 Å². The first-order valence-electron chi connectivity index (χ1n) is 11.5. The van der Waals surface area contributed by atoms with E-state index < -0.39 is 0 Å². The maximum absolute atomic E-state index is 12.7. The fourth-order valence-electron chi connectivity index (χ4n) is 4.18. The van der Waals surface area contributed by atoms with Crippen molar-refractivity contribution in [3.8, 4) is 0 Å². The molecular formula is C24H30N6O3. The van der Waals surface area contributed by atoms with Crippen LogP contribution >= 0.6 is 0 Å². The molecule has 2 aliphatic heterocycles. The van der Waals surface area contributed by atoms with Crippen LogP contribution < -0.4 is 10.2 Å². The molecule has 1 N–H and O–H groups in total. The maximum Gasteiger partial charge on any atom is 0.243 e. The van der Waals surface area contributed by atoms with Gasteiger partial charge in [-0.1, -0.05) is 18.6 Å². The summed E-state index contributed by atoms with van der Waals surface area (Å²) >= 11 is 0. The van der Waals surface area contributed by atoms with Crippen molar-refractivity contribution < 1.29 is 14.4 Å². The van der Waals surface area contributed by atoms with Gasteiger partial charge in [0, 0.05) is 57.2 Å². The van der Waals surface area contributed by atoms with Crippen molar-refractivity contribution in [3.63, 3.8) is 0 Å². The van der Waals surface area contributed by atoms with Crippen molar-refractivity contribution in [3.05, 3.63) is 48.3 Å². The zero-order valence-corrected chi connectivity index (χ0v) is 18.8. The molecule has 0 bridgehead atoms. The van der Waals surface area contributed by atoms with E-state index in [1.165, 1.54) is 0 Å². The minimum Gasteiger partial charge on any atom is -0.339 e. The number of nitrogens with one attached hydrogen (secondary N) is 1. The molecule has 3 heterocycles. The van der Waals surface area contributed by atoms with Crippen molar-refractivity contribution in [1.29, 1.82) is 0 Å². The van der Waals surface area contributed by atoms with Gasteiger partial charge in [-0.3, -0.25) is 14.4 Å². The highest BCUT2D eigenvalue weighted by Crippen LogP contribution is 2.15. The van der Waals surface area contributed by atoms with Gasteiger partial charge >= 0.3 is 0 Å². The number of likely N-dealkylation sites (tertiary alicyclic amines) is 1. The fraction of sp³-hybridized carbons (Fsp3) is 0.458. The first-order chi connectivity index (χ1) is 16.1. The summed E-state index contributed by atoms with van der Waals surface area (Å²) in [6.07, 6.45) is 7.15. The van der Waals surface area contributed by atoms with E-state index in [-0.39, 0.29) is 24.3 Å². The Bertz CT molecular complexity index is 958. The van der Waals surface area contributed by atoms with Crippen LogP contribution in [0.15, 0.2) is 42.7 Å². The SMILES string of the molecule is O=C(CN1CCCCCC1=O)Nc1ccc(CC(=O)N2CCN(c3ncccn3)CC2)cc1. The van der Waals surface area contributed by atoms with E-state index in [1.807, 2.05) is 17.0 Å². The molecule has 3 amide bonds. The second-order valence-corrected chi connectivity index (χ2v) is 8.46. The van der Waals surface area contributed by atoms with Crippen LogP contribution in [-0.2, 0) is 20.8 Å². The monoisotopic (exact) mass is 450 g/mol. The minimum atomic E-state index is -0.200. The number of nitrogens with zero attached hydrogens (tertiary/aromatic N) is 5. The van der Waals surface area contributed by atoms with E-state index in [2.05, 4.69) is 20.2 Å². The number of amides is 3. The predicted octanol–water partition coefficient (Wildman–Crippen LogP) is 1.71. The summed E-state index contributed by atoms with van der Waals surface area (Å²) in [5.41, 5.74) is 1.56. The Balaban J connectivity index is 1.23. The summed E-state index contributed by atoms with van der Waals surface area (Å²) in [6, 6.07) is 9.11. The number of carbonyl (C=O) groups excluding carboxylic acids is 3. The van der Waals surface area contributed by atoms with Crippen LogP contribution in [0.2, 0.25) is 0 Å². The van der Waals surface area contributed by atoms with Crippen LogP contribution in [-0.4, -0.2) is 76.8 Å². The van der Waals surface area contributed by atoms with E-state index >= 15 is 0 Å². The fourth-order valence-corrected chi connectivity index (χ4v) is 4.18. The molecule has 1 aromatic carbocycles. The van der Waals surface area contributed by atoms with Crippen LogP contribution in [0.3, 0.4) is 0 Å². The summed E-state index contributed by atoms with van der Waals surface area (Å²) in [7, 11) is 0. The number of anilines is 2. The molecule has 0 unspecified atom stereocenters. The van der Waals surface area contributed by atoms with Gasteiger partial charge in [-0.25, -0.2) is 9.97 Å². The van der Waals surface area contributed by atoms with Crippen LogP contribution in [0, 0.1) is 0 Å². The number of benzene rings is 1. The van der Waals surface area contributed by atoms with Crippen LogP contribution in [0.5, 0.6) is 0 Å². The summed E-state index contributed by atoms with van der Waals surface area (Å²) in [6.45, 7) is 3.42. The van der Waals surface area contributed by atoms with Crippen LogP contribution in [0.25, 0.3) is 0 Å². The summed E-state index contributed by atoms with van der Waals surface area (Å²) in [5.74, 6) is 0.630. The van der Waals surface area contributed by atoms with E-state index in [9.17, 15) is 14.4 Å². The van der Waals surface area contributed by atoms with Crippen molar-refractivity contribution in [1.82, 2.24) is 19.8 Å². The largest absolute Gasteiger partial charge is 0.339 e. The number of rotatable bonds is 6. The third-order valence-corrected chi connectivity index (χ3v) is 6.07. The molecule has 0 radical (unpaired) electrons. The molecule has 2 fully saturated rings. The molecule has 0 spiro atoms. The number of hydrogen-bond donors (Lipinski definition) is 1. The minimum absolute atomic E-state index is 0.0497. The highest BCUT2D eigenvalue weighted by Gasteiger charge is 2.23. The third kappa shape index (κ3) is 6.27. The van der Waals surface area contributed by atoms with Crippen molar-refractivity contribution >= 4 is 29.4 Å². The lowest BCUT2D eigenvalue weighted by atomic mass is 10.1. The molecule has 0 aliphatic carbocycles. The Kier molecular flexibility index (Phi) is 7.49. The zero-order chi connectivity index (χ0) is 23.0. The lowest BCUT2D eigenvalue weighted by molar-refractivity contribution is -0.134. The molecule has 9 nitrogen and oxygen atoms in total. The van der Waals surface area contributed by atoms with Crippen molar-refractivity contribution in [2.45, 2.75) is 32.1 Å². The highest BCUT2D eigenvalue weighted by molar-refractivity contribution is 5.94.